The zero-order valence-electron chi connectivity index (χ0n) is 13.8. The Kier molecular flexibility index (Phi) is 4.15. The maximum Gasteiger partial charge on any atom is 0.586 e. The number of halogens is 2. The van der Waals surface area contributed by atoms with Crippen molar-refractivity contribution >= 4 is 11.6 Å². The molecule has 8 nitrogen and oxygen atoms in total. The SMILES string of the molecule is O=C(Nc1ccc2c(c1)OC(F)(F)O2)C(Cc1ccccc1)n1cnnn1. The predicted octanol–water partition coefficient (Wildman–Crippen LogP) is 2.42. The number of benzene rings is 2. The predicted molar refractivity (Wildman–Crippen MR) is 88.3 cm³/mol. The summed E-state index contributed by atoms with van der Waals surface area (Å²) in [6, 6.07) is 12.7. The lowest BCUT2D eigenvalue weighted by Crippen LogP contribution is -2.28. The van der Waals surface area contributed by atoms with Crippen molar-refractivity contribution in [2.75, 3.05) is 5.32 Å². The van der Waals surface area contributed by atoms with Gasteiger partial charge in [-0.15, -0.1) is 13.9 Å². The van der Waals surface area contributed by atoms with E-state index in [1.807, 2.05) is 30.3 Å². The Morgan fingerprint density at radius 2 is 1.93 bits per heavy atom. The fourth-order valence-electron chi connectivity index (χ4n) is 2.71. The second-order valence-corrected chi connectivity index (χ2v) is 5.81. The van der Waals surface area contributed by atoms with Gasteiger partial charge in [0.05, 0.1) is 0 Å². The molecule has 0 saturated heterocycles. The molecule has 1 aromatic heterocycles. The molecule has 4 rings (SSSR count). The number of tetrazole rings is 1. The molecule has 2 aromatic carbocycles. The van der Waals surface area contributed by atoms with Crippen molar-refractivity contribution < 1.29 is 23.0 Å². The number of hydrogen-bond donors (Lipinski definition) is 1. The van der Waals surface area contributed by atoms with Crippen LogP contribution in [0.4, 0.5) is 14.5 Å². The van der Waals surface area contributed by atoms with Crippen LogP contribution in [0, 0.1) is 0 Å². The molecule has 3 aromatic rings. The lowest BCUT2D eigenvalue weighted by molar-refractivity contribution is -0.286. The second kappa shape index (κ2) is 6.63. The van der Waals surface area contributed by atoms with E-state index in [1.165, 1.54) is 29.2 Å². The van der Waals surface area contributed by atoms with Crippen LogP contribution in [0.15, 0.2) is 54.9 Å². The molecule has 1 atom stereocenters. The molecule has 0 spiro atoms. The van der Waals surface area contributed by atoms with Crippen LogP contribution >= 0.6 is 0 Å². The third-order valence-electron chi connectivity index (χ3n) is 3.93. The van der Waals surface area contributed by atoms with Crippen LogP contribution in [-0.2, 0) is 11.2 Å². The topological polar surface area (TPSA) is 91.2 Å². The Hall–Kier alpha value is -3.56. The van der Waals surface area contributed by atoms with Gasteiger partial charge in [-0.3, -0.25) is 4.79 Å². The van der Waals surface area contributed by atoms with Crippen molar-refractivity contribution in [3.8, 4) is 11.5 Å². The van der Waals surface area contributed by atoms with Gasteiger partial charge in [0.1, 0.15) is 12.4 Å². The molecule has 10 heteroatoms. The molecule has 138 valence electrons. The molecule has 1 unspecified atom stereocenters. The number of ether oxygens (including phenoxy) is 2. The van der Waals surface area contributed by atoms with Crippen molar-refractivity contribution in [3.05, 3.63) is 60.4 Å². The van der Waals surface area contributed by atoms with E-state index in [0.29, 0.717) is 6.42 Å². The third kappa shape index (κ3) is 3.68. The lowest BCUT2D eigenvalue weighted by Gasteiger charge is -2.16. The van der Waals surface area contributed by atoms with Crippen LogP contribution in [0.25, 0.3) is 0 Å². The first-order valence-electron chi connectivity index (χ1n) is 7.97. The molecule has 2 heterocycles. The molecular formula is C17H13F2N5O3. The van der Waals surface area contributed by atoms with Crippen molar-refractivity contribution in [2.24, 2.45) is 0 Å². The number of fused-ring (bicyclic) bond motifs is 1. The highest BCUT2D eigenvalue weighted by molar-refractivity contribution is 5.94. The highest BCUT2D eigenvalue weighted by atomic mass is 19.3. The van der Waals surface area contributed by atoms with Crippen LogP contribution in [0.2, 0.25) is 0 Å². The number of nitrogens with one attached hydrogen (secondary N) is 1. The van der Waals surface area contributed by atoms with E-state index < -0.39 is 18.2 Å². The average molecular weight is 373 g/mol. The number of rotatable bonds is 5. The van der Waals surface area contributed by atoms with Gasteiger partial charge in [0.15, 0.2) is 11.5 Å². The van der Waals surface area contributed by atoms with Crippen molar-refractivity contribution in [1.82, 2.24) is 20.2 Å². The number of anilines is 1. The number of nitrogens with zero attached hydrogens (tertiary/aromatic N) is 4. The molecule has 0 fully saturated rings. The molecule has 1 N–H and O–H groups in total. The van der Waals surface area contributed by atoms with E-state index in [4.69, 9.17) is 0 Å². The van der Waals surface area contributed by atoms with Gasteiger partial charge in [-0.1, -0.05) is 30.3 Å². The number of aromatic nitrogens is 4. The average Bonchev–Trinajstić information content (AvgIpc) is 3.26. The van der Waals surface area contributed by atoms with Gasteiger partial charge in [0.2, 0.25) is 5.91 Å². The highest BCUT2D eigenvalue weighted by Crippen LogP contribution is 2.42. The zero-order valence-corrected chi connectivity index (χ0v) is 13.8. The van der Waals surface area contributed by atoms with Crippen LogP contribution in [0.5, 0.6) is 11.5 Å². The van der Waals surface area contributed by atoms with E-state index in [1.54, 1.807) is 0 Å². The molecule has 1 aliphatic rings. The number of hydrogen-bond acceptors (Lipinski definition) is 6. The highest BCUT2D eigenvalue weighted by Gasteiger charge is 2.43. The van der Waals surface area contributed by atoms with Crippen LogP contribution in [0.1, 0.15) is 11.6 Å². The molecule has 1 amide bonds. The van der Waals surface area contributed by atoms with Crippen LogP contribution < -0.4 is 14.8 Å². The molecule has 0 aliphatic carbocycles. The lowest BCUT2D eigenvalue weighted by atomic mass is 10.1. The molecule has 27 heavy (non-hydrogen) atoms. The van der Waals surface area contributed by atoms with Crippen LogP contribution in [-0.4, -0.2) is 32.4 Å². The quantitative estimate of drug-likeness (QED) is 0.739. The number of amides is 1. The van der Waals surface area contributed by atoms with E-state index in [0.717, 1.165) is 5.56 Å². The summed E-state index contributed by atoms with van der Waals surface area (Å²) in [7, 11) is 0. The summed E-state index contributed by atoms with van der Waals surface area (Å²) < 4.78 is 36.3. The number of alkyl halides is 2. The number of carbonyl (C=O) groups is 1. The van der Waals surface area contributed by atoms with Gasteiger partial charge in [-0.25, -0.2) is 4.68 Å². The minimum absolute atomic E-state index is 0.0979. The summed E-state index contributed by atoms with van der Waals surface area (Å²) in [5, 5.41) is 13.6. The fourth-order valence-corrected chi connectivity index (χ4v) is 2.71. The normalized spacial score (nSPS) is 15.3. The van der Waals surface area contributed by atoms with Gasteiger partial charge in [-0.2, -0.15) is 0 Å². The first-order valence-corrected chi connectivity index (χ1v) is 7.97. The van der Waals surface area contributed by atoms with Crippen molar-refractivity contribution in [1.29, 1.82) is 0 Å². The Labute approximate surface area is 151 Å². The molecule has 0 radical (unpaired) electrons. The Morgan fingerprint density at radius 1 is 1.15 bits per heavy atom. The Balaban J connectivity index is 1.54. The molecular weight excluding hydrogens is 360 g/mol. The van der Waals surface area contributed by atoms with Crippen LogP contribution in [0.3, 0.4) is 0 Å². The Morgan fingerprint density at radius 3 is 2.67 bits per heavy atom. The van der Waals surface area contributed by atoms with Gasteiger partial charge < -0.3 is 14.8 Å². The molecule has 0 bridgehead atoms. The zero-order chi connectivity index (χ0) is 18.9. The summed E-state index contributed by atoms with van der Waals surface area (Å²) in [6.45, 7) is 0. The minimum Gasteiger partial charge on any atom is -0.395 e. The summed E-state index contributed by atoms with van der Waals surface area (Å²) in [5.74, 6) is -0.657. The van der Waals surface area contributed by atoms with E-state index >= 15 is 0 Å². The molecule has 0 saturated carbocycles. The van der Waals surface area contributed by atoms with E-state index in [9.17, 15) is 13.6 Å². The van der Waals surface area contributed by atoms with Gasteiger partial charge in [0.25, 0.3) is 0 Å². The van der Waals surface area contributed by atoms with Crippen molar-refractivity contribution in [2.45, 2.75) is 18.8 Å². The maximum atomic E-state index is 13.1. The fraction of sp³-hybridized carbons (Fsp3) is 0.176. The molecule has 1 aliphatic heterocycles. The number of carbonyl (C=O) groups excluding carboxylic acids is 1. The minimum atomic E-state index is -3.72. The van der Waals surface area contributed by atoms with E-state index in [-0.39, 0.29) is 17.2 Å². The van der Waals surface area contributed by atoms with Gasteiger partial charge in [0, 0.05) is 18.2 Å². The summed E-state index contributed by atoms with van der Waals surface area (Å²) in [4.78, 5) is 12.8. The Bertz CT molecular complexity index is 950. The second-order valence-electron chi connectivity index (χ2n) is 5.81. The monoisotopic (exact) mass is 373 g/mol. The van der Waals surface area contributed by atoms with Gasteiger partial charge >= 0.3 is 6.29 Å². The third-order valence-corrected chi connectivity index (χ3v) is 3.93. The first kappa shape index (κ1) is 16.9. The van der Waals surface area contributed by atoms with E-state index in [2.05, 4.69) is 30.3 Å². The summed E-state index contributed by atoms with van der Waals surface area (Å²) in [6.07, 6.45) is -2.03. The largest absolute Gasteiger partial charge is 0.586 e. The van der Waals surface area contributed by atoms with Crippen molar-refractivity contribution in [3.63, 3.8) is 0 Å². The summed E-state index contributed by atoms with van der Waals surface area (Å²) in [5.41, 5.74) is 1.20. The first-order chi connectivity index (χ1) is 13.0. The maximum absolute atomic E-state index is 13.1. The standard InChI is InChI=1S/C17H13F2N5O3/c18-17(19)26-14-7-6-12(9-15(14)27-17)21-16(25)13(24-10-20-22-23-24)8-11-4-2-1-3-5-11/h1-7,9-10,13H,8H2,(H,21,25). The smallest absolute Gasteiger partial charge is 0.395 e. The summed E-state index contributed by atoms with van der Waals surface area (Å²) >= 11 is 0. The van der Waals surface area contributed by atoms with Gasteiger partial charge in [-0.05, 0) is 28.1 Å².